The molecule has 0 aliphatic heterocycles. The molecule has 4 aliphatic rings. The number of carbonyl (C=O) groups excluding carboxylic acids is 1. The number of rotatable bonds is 0. The molecule has 0 bridgehead atoms. The van der Waals surface area contributed by atoms with Crippen molar-refractivity contribution in [1.29, 1.82) is 0 Å². The van der Waals surface area contributed by atoms with Crippen molar-refractivity contribution >= 4 is 5.78 Å². The zero-order chi connectivity index (χ0) is 13.9. The standard InChI is InChI=1S/C19H26O/c1-12-7-9-19(2)10-8-16-15-6-4-14(20)11-13(15)3-5-17(16)18(12)19/h3,15-18H,1,4-11H2,2H3/t15-,16+,17+,18-,19-/m0/s1. The van der Waals surface area contributed by atoms with E-state index in [9.17, 15) is 4.79 Å². The third-order valence-corrected chi connectivity index (χ3v) is 7.02. The van der Waals surface area contributed by atoms with Crippen molar-refractivity contribution in [3.63, 3.8) is 0 Å². The Hall–Kier alpha value is -0.850. The lowest BCUT2D eigenvalue weighted by Gasteiger charge is -2.52. The first kappa shape index (κ1) is 12.9. The Morgan fingerprint density at radius 2 is 2.05 bits per heavy atom. The quantitative estimate of drug-likeness (QED) is 0.584. The SMILES string of the molecule is C=C1CC[C@@]2(C)CC[C@H]3[C@@H](CC=C4CC(=O)CC[C@@H]43)[C@H]12. The molecule has 0 aromatic carbocycles. The second-order valence-electron chi connectivity index (χ2n) is 8.03. The van der Waals surface area contributed by atoms with E-state index in [2.05, 4.69) is 19.6 Å². The van der Waals surface area contributed by atoms with Crippen LogP contribution in [0.4, 0.5) is 0 Å². The van der Waals surface area contributed by atoms with Gasteiger partial charge in [-0.3, -0.25) is 4.79 Å². The maximum absolute atomic E-state index is 11.7. The number of carbonyl (C=O) groups is 1. The van der Waals surface area contributed by atoms with Gasteiger partial charge in [-0.2, -0.15) is 0 Å². The Labute approximate surface area is 122 Å². The van der Waals surface area contributed by atoms with Gasteiger partial charge in [-0.25, -0.2) is 0 Å². The molecule has 3 fully saturated rings. The van der Waals surface area contributed by atoms with Gasteiger partial charge in [0.2, 0.25) is 0 Å². The third-order valence-electron chi connectivity index (χ3n) is 7.02. The van der Waals surface area contributed by atoms with Gasteiger partial charge >= 0.3 is 0 Å². The van der Waals surface area contributed by atoms with E-state index in [1.165, 1.54) is 43.3 Å². The second-order valence-corrected chi connectivity index (χ2v) is 8.03. The Morgan fingerprint density at radius 1 is 1.20 bits per heavy atom. The molecule has 0 radical (unpaired) electrons. The molecule has 0 aromatic rings. The highest BCUT2D eigenvalue weighted by Gasteiger charge is 2.53. The summed E-state index contributed by atoms with van der Waals surface area (Å²) in [5.74, 6) is 3.62. The van der Waals surface area contributed by atoms with Gasteiger partial charge in [0.1, 0.15) is 5.78 Å². The van der Waals surface area contributed by atoms with Gasteiger partial charge in [-0.05, 0) is 67.6 Å². The van der Waals surface area contributed by atoms with E-state index in [1.807, 2.05) is 0 Å². The maximum atomic E-state index is 11.7. The molecule has 0 aromatic heterocycles. The second kappa shape index (κ2) is 4.32. The number of Topliss-reactive ketones (excluding diaryl/α,β-unsaturated/α-hetero) is 1. The van der Waals surface area contributed by atoms with Crippen LogP contribution in [0.5, 0.6) is 0 Å². The Bertz CT molecular complexity index is 500. The van der Waals surface area contributed by atoms with Crippen LogP contribution in [-0.2, 0) is 4.79 Å². The molecule has 0 N–H and O–H groups in total. The van der Waals surface area contributed by atoms with Crippen LogP contribution in [0.15, 0.2) is 23.8 Å². The summed E-state index contributed by atoms with van der Waals surface area (Å²) in [4.78, 5) is 11.7. The van der Waals surface area contributed by atoms with Gasteiger partial charge < -0.3 is 0 Å². The number of hydrogen-bond acceptors (Lipinski definition) is 1. The van der Waals surface area contributed by atoms with Crippen molar-refractivity contribution < 1.29 is 4.79 Å². The number of fused-ring (bicyclic) bond motifs is 5. The summed E-state index contributed by atoms with van der Waals surface area (Å²) in [6, 6.07) is 0. The van der Waals surface area contributed by atoms with Crippen molar-refractivity contribution in [3.05, 3.63) is 23.8 Å². The van der Waals surface area contributed by atoms with Gasteiger partial charge in [0.25, 0.3) is 0 Å². The minimum absolute atomic E-state index is 0.469. The number of ketones is 1. The summed E-state index contributed by atoms with van der Waals surface area (Å²) in [7, 11) is 0. The van der Waals surface area contributed by atoms with Crippen LogP contribution in [-0.4, -0.2) is 5.78 Å². The molecule has 5 atom stereocenters. The van der Waals surface area contributed by atoms with Gasteiger partial charge in [-0.15, -0.1) is 0 Å². The van der Waals surface area contributed by atoms with Crippen LogP contribution in [0, 0.1) is 29.1 Å². The molecular formula is C19H26O. The summed E-state index contributed by atoms with van der Waals surface area (Å²) in [6.07, 6.45) is 11.8. The van der Waals surface area contributed by atoms with Crippen molar-refractivity contribution in [2.75, 3.05) is 0 Å². The van der Waals surface area contributed by atoms with E-state index in [4.69, 9.17) is 0 Å². The normalized spacial score (nSPS) is 47.4. The largest absolute Gasteiger partial charge is 0.299 e. The van der Waals surface area contributed by atoms with Crippen LogP contribution in [0.1, 0.15) is 58.3 Å². The van der Waals surface area contributed by atoms with Crippen LogP contribution < -0.4 is 0 Å². The number of allylic oxidation sites excluding steroid dienone is 3. The van der Waals surface area contributed by atoms with Gasteiger partial charge in [0, 0.05) is 12.8 Å². The molecule has 1 heteroatoms. The van der Waals surface area contributed by atoms with Crippen molar-refractivity contribution in [2.45, 2.75) is 58.3 Å². The van der Waals surface area contributed by atoms with Gasteiger partial charge in [0.15, 0.2) is 0 Å². The smallest absolute Gasteiger partial charge is 0.136 e. The Morgan fingerprint density at radius 3 is 2.90 bits per heavy atom. The van der Waals surface area contributed by atoms with Gasteiger partial charge in [0.05, 0.1) is 0 Å². The topological polar surface area (TPSA) is 17.1 Å². The Balaban J connectivity index is 1.67. The molecule has 108 valence electrons. The fourth-order valence-electron chi connectivity index (χ4n) is 6.07. The lowest BCUT2D eigenvalue weighted by Crippen LogP contribution is -2.44. The van der Waals surface area contributed by atoms with Crippen molar-refractivity contribution in [3.8, 4) is 0 Å². The van der Waals surface area contributed by atoms with Crippen molar-refractivity contribution in [2.24, 2.45) is 29.1 Å². The fraction of sp³-hybridized carbons (Fsp3) is 0.737. The first-order valence-corrected chi connectivity index (χ1v) is 8.47. The van der Waals surface area contributed by atoms with E-state index >= 15 is 0 Å². The fourth-order valence-corrected chi connectivity index (χ4v) is 6.07. The van der Waals surface area contributed by atoms with Crippen LogP contribution >= 0.6 is 0 Å². The predicted molar refractivity (Wildman–Crippen MR) is 81.2 cm³/mol. The average Bonchev–Trinajstić information content (AvgIpc) is 2.74. The molecule has 3 saturated carbocycles. The minimum atomic E-state index is 0.469. The lowest BCUT2D eigenvalue weighted by atomic mass is 9.53. The molecule has 4 rings (SSSR count). The molecule has 4 aliphatic carbocycles. The molecule has 1 nitrogen and oxygen atoms in total. The average molecular weight is 270 g/mol. The summed E-state index contributed by atoms with van der Waals surface area (Å²) in [6.45, 7) is 6.93. The highest BCUT2D eigenvalue weighted by Crippen LogP contribution is 2.62. The van der Waals surface area contributed by atoms with Crippen LogP contribution in [0.25, 0.3) is 0 Å². The summed E-state index contributed by atoms with van der Waals surface area (Å²) in [5.41, 5.74) is 3.56. The van der Waals surface area contributed by atoms with Crippen LogP contribution in [0.2, 0.25) is 0 Å². The summed E-state index contributed by atoms with van der Waals surface area (Å²) in [5, 5.41) is 0. The lowest BCUT2D eigenvalue weighted by molar-refractivity contribution is -0.120. The predicted octanol–water partition coefficient (Wildman–Crippen LogP) is 4.68. The van der Waals surface area contributed by atoms with E-state index in [-0.39, 0.29) is 0 Å². The Kier molecular flexibility index (Phi) is 2.78. The van der Waals surface area contributed by atoms with E-state index in [0.717, 1.165) is 42.9 Å². The molecule has 20 heavy (non-hydrogen) atoms. The van der Waals surface area contributed by atoms with E-state index < -0.39 is 0 Å². The van der Waals surface area contributed by atoms with Crippen molar-refractivity contribution in [1.82, 2.24) is 0 Å². The third kappa shape index (κ3) is 1.71. The first-order valence-electron chi connectivity index (χ1n) is 8.47. The van der Waals surface area contributed by atoms with Gasteiger partial charge in [-0.1, -0.05) is 30.7 Å². The van der Waals surface area contributed by atoms with E-state index in [0.29, 0.717) is 11.2 Å². The molecule has 0 saturated heterocycles. The maximum Gasteiger partial charge on any atom is 0.136 e. The zero-order valence-electron chi connectivity index (χ0n) is 12.7. The highest BCUT2D eigenvalue weighted by atomic mass is 16.1. The minimum Gasteiger partial charge on any atom is -0.299 e. The van der Waals surface area contributed by atoms with Crippen LogP contribution in [0.3, 0.4) is 0 Å². The van der Waals surface area contributed by atoms with E-state index in [1.54, 1.807) is 0 Å². The molecular weight excluding hydrogens is 244 g/mol. The first-order chi connectivity index (χ1) is 9.58. The number of hydrogen-bond donors (Lipinski definition) is 0. The molecule has 0 amide bonds. The highest BCUT2D eigenvalue weighted by molar-refractivity contribution is 5.82. The monoisotopic (exact) mass is 270 g/mol. The molecule has 0 heterocycles. The summed E-state index contributed by atoms with van der Waals surface area (Å²) < 4.78 is 0. The molecule has 0 spiro atoms. The zero-order valence-corrected chi connectivity index (χ0v) is 12.7. The summed E-state index contributed by atoms with van der Waals surface area (Å²) >= 11 is 0. The molecule has 0 unspecified atom stereocenters.